The van der Waals surface area contributed by atoms with Gasteiger partial charge in [-0.05, 0) is 42.3 Å². The standard InChI is InChI=1S/C19H21ClN4O2/c1-13(15-4-6-16(7-5-15)24-12-21-11-23-24)22-10-14-8-17(20)19(26-3)18(9-14)25-2/h4-9,11-13,22H,10H2,1-3H3. The lowest BCUT2D eigenvalue weighted by molar-refractivity contribution is 0.354. The fourth-order valence-electron chi connectivity index (χ4n) is 2.72. The van der Waals surface area contributed by atoms with Gasteiger partial charge in [-0.15, -0.1) is 0 Å². The molecule has 0 fully saturated rings. The molecule has 2 aromatic carbocycles. The summed E-state index contributed by atoms with van der Waals surface area (Å²) in [6.07, 6.45) is 3.20. The third-order valence-corrected chi connectivity index (χ3v) is 4.46. The van der Waals surface area contributed by atoms with Gasteiger partial charge in [-0.25, -0.2) is 9.67 Å². The van der Waals surface area contributed by atoms with Crippen molar-refractivity contribution < 1.29 is 9.47 Å². The maximum absolute atomic E-state index is 6.27. The Bertz CT molecular complexity index is 851. The summed E-state index contributed by atoms with van der Waals surface area (Å²) >= 11 is 6.27. The SMILES string of the molecule is COc1cc(CNC(C)c2ccc(-n3cncn3)cc2)cc(Cl)c1OC. The molecule has 0 saturated carbocycles. The van der Waals surface area contributed by atoms with Crippen LogP contribution in [0.3, 0.4) is 0 Å². The molecule has 1 atom stereocenters. The van der Waals surface area contributed by atoms with E-state index in [2.05, 4.69) is 34.5 Å². The van der Waals surface area contributed by atoms with E-state index >= 15 is 0 Å². The van der Waals surface area contributed by atoms with Crippen molar-refractivity contribution in [1.29, 1.82) is 0 Å². The van der Waals surface area contributed by atoms with Crippen molar-refractivity contribution in [2.75, 3.05) is 14.2 Å². The third kappa shape index (κ3) is 3.98. The van der Waals surface area contributed by atoms with E-state index in [-0.39, 0.29) is 6.04 Å². The molecule has 0 aliphatic rings. The number of aromatic nitrogens is 3. The Morgan fingerprint density at radius 1 is 1.15 bits per heavy atom. The van der Waals surface area contributed by atoms with Gasteiger partial charge in [-0.2, -0.15) is 5.10 Å². The van der Waals surface area contributed by atoms with Crippen LogP contribution in [0, 0.1) is 0 Å². The van der Waals surface area contributed by atoms with E-state index in [1.54, 1.807) is 25.2 Å². The fraction of sp³-hybridized carbons (Fsp3) is 0.263. The van der Waals surface area contributed by atoms with E-state index in [1.165, 1.54) is 11.9 Å². The number of ether oxygens (including phenoxy) is 2. The minimum atomic E-state index is 0.173. The zero-order chi connectivity index (χ0) is 18.5. The molecule has 0 amide bonds. The number of rotatable bonds is 7. The smallest absolute Gasteiger partial charge is 0.179 e. The zero-order valence-corrected chi connectivity index (χ0v) is 15.7. The number of nitrogens with one attached hydrogen (secondary N) is 1. The molecule has 3 rings (SSSR count). The average Bonchev–Trinajstić information content (AvgIpc) is 3.20. The molecular formula is C19H21ClN4O2. The Kier molecular flexibility index (Phi) is 5.75. The molecule has 0 saturated heterocycles. The van der Waals surface area contributed by atoms with Crippen molar-refractivity contribution in [3.05, 3.63) is 65.2 Å². The van der Waals surface area contributed by atoms with Crippen molar-refractivity contribution in [1.82, 2.24) is 20.1 Å². The van der Waals surface area contributed by atoms with Crippen molar-refractivity contribution in [2.45, 2.75) is 19.5 Å². The first kappa shape index (κ1) is 18.2. The monoisotopic (exact) mass is 372 g/mol. The van der Waals surface area contributed by atoms with Gasteiger partial charge in [0, 0.05) is 12.6 Å². The van der Waals surface area contributed by atoms with Crippen LogP contribution in [-0.2, 0) is 6.54 Å². The quantitative estimate of drug-likeness (QED) is 0.683. The van der Waals surface area contributed by atoms with Crippen LogP contribution < -0.4 is 14.8 Å². The Hall–Kier alpha value is -2.57. The van der Waals surface area contributed by atoms with Crippen LogP contribution in [-0.4, -0.2) is 29.0 Å². The van der Waals surface area contributed by atoms with Crippen LogP contribution >= 0.6 is 11.6 Å². The van der Waals surface area contributed by atoms with Crippen molar-refractivity contribution in [3.8, 4) is 17.2 Å². The highest BCUT2D eigenvalue weighted by atomic mass is 35.5. The van der Waals surface area contributed by atoms with Gasteiger partial charge in [-0.1, -0.05) is 23.7 Å². The Labute approximate surface area is 157 Å². The average molecular weight is 373 g/mol. The fourth-order valence-corrected chi connectivity index (χ4v) is 3.03. The van der Waals surface area contributed by atoms with Crippen molar-refractivity contribution in [2.24, 2.45) is 0 Å². The minimum Gasteiger partial charge on any atom is -0.493 e. The minimum absolute atomic E-state index is 0.173. The lowest BCUT2D eigenvalue weighted by Crippen LogP contribution is -2.18. The summed E-state index contributed by atoms with van der Waals surface area (Å²) in [5.74, 6) is 1.18. The predicted octanol–water partition coefficient (Wildman–Crippen LogP) is 3.79. The molecule has 136 valence electrons. The summed E-state index contributed by atoms with van der Waals surface area (Å²) in [6.45, 7) is 2.78. The third-order valence-electron chi connectivity index (χ3n) is 4.18. The van der Waals surface area contributed by atoms with Gasteiger partial charge in [0.2, 0.25) is 0 Å². The maximum Gasteiger partial charge on any atom is 0.179 e. The highest BCUT2D eigenvalue weighted by molar-refractivity contribution is 6.32. The number of hydrogen-bond acceptors (Lipinski definition) is 5. The lowest BCUT2D eigenvalue weighted by atomic mass is 10.1. The van der Waals surface area contributed by atoms with Gasteiger partial charge >= 0.3 is 0 Å². The van der Waals surface area contributed by atoms with Crippen LogP contribution in [0.2, 0.25) is 5.02 Å². The number of methoxy groups -OCH3 is 2. The van der Waals surface area contributed by atoms with Gasteiger partial charge in [0.1, 0.15) is 12.7 Å². The van der Waals surface area contributed by atoms with Crippen LogP contribution in [0.25, 0.3) is 5.69 Å². The normalized spacial score (nSPS) is 12.0. The summed E-state index contributed by atoms with van der Waals surface area (Å²) in [4.78, 5) is 3.96. The molecule has 6 nitrogen and oxygen atoms in total. The second-order valence-corrected chi connectivity index (χ2v) is 6.25. The van der Waals surface area contributed by atoms with E-state index in [0.29, 0.717) is 23.1 Å². The Morgan fingerprint density at radius 2 is 1.92 bits per heavy atom. The van der Waals surface area contributed by atoms with Crippen molar-refractivity contribution in [3.63, 3.8) is 0 Å². The Morgan fingerprint density at radius 3 is 2.54 bits per heavy atom. The van der Waals surface area contributed by atoms with E-state index in [0.717, 1.165) is 11.3 Å². The molecular weight excluding hydrogens is 352 g/mol. The molecule has 0 bridgehead atoms. The molecule has 0 radical (unpaired) electrons. The van der Waals surface area contributed by atoms with E-state index in [1.807, 2.05) is 24.3 Å². The number of halogens is 1. The van der Waals surface area contributed by atoms with Crippen LogP contribution in [0.4, 0.5) is 0 Å². The van der Waals surface area contributed by atoms with Gasteiger partial charge < -0.3 is 14.8 Å². The lowest BCUT2D eigenvalue weighted by Gasteiger charge is -2.16. The molecule has 1 heterocycles. The molecule has 1 N–H and O–H groups in total. The van der Waals surface area contributed by atoms with Crippen molar-refractivity contribution >= 4 is 11.6 Å². The molecule has 3 aromatic rings. The first-order valence-electron chi connectivity index (χ1n) is 8.21. The Balaban J connectivity index is 1.67. The molecule has 1 unspecified atom stereocenters. The first-order valence-corrected chi connectivity index (χ1v) is 8.59. The summed E-state index contributed by atoms with van der Waals surface area (Å²) < 4.78 is 12.3. The highest BCUT2D eigenvalue weighted by Crippen LogP contribution is 2.36. The molecule has 0 aliphatic heterocycles. The number of nitrogens with zero attached hydrogens (tertiary/aromatic N) is 3. The number of hydrogen-bond donors (Lipinski definition) is 1. The summed E-state index contributed by atoms with van der Waals surface area (Å²) in [7, 11) is 3.18. The topological polar surface area (TPSA) is 61.2 Å². The largest absolute Gasteiger partial charge is 0.493 e. The second kappa shape index (κ2) is 8.21. The van der Waals surface area contributed by atoms with Crippen LogP contribution in [0.5, 0.6) is 11.5 Å². The van der Waals surface area contributed by atoms with Gasteiger partial charge in [0.05, 0.1) is 24.9 Å². The van der Waals surface area contributed by atoms with Gasteiger partial charge in [0.15, 0.2) is 11.5 Å². The molecule has 1 aromatic heterocycles. The highest BCUT2D eigenvalue weighted by Gasteiger charge is 2.12. The first-order chi connectivity index (χ1) is 12.6. The molecule has 0 spiro atoms. The van der Waals surface area contributed by atoms with Crippen LogP contribution in [0.1, 0.15) is 24.1 Å². The summed E-state index contributed by atoms with van der Waals surface area (Å²) in [5, 5.41) is 8.16. The maximum atomic E-state index is 6.27. The number of benzene rings is 2. The predicted molar refractivity (Wildman–Crippen MR) is 101 cm³/mol. The molecule has 7 heteroatoms. The van der Waals surface area contributed by atoms with E-state index in [4.69, 9.17) is 21.1 Å². The van der Waals surface area contributed by atoms with Gasteiger partial charge in [0.25, 0.3) is 0 Å². The van der Waals surface area contributed by atoms with E-state index < -0.39 is 0 Å². The summed E-state index contributed by atoms with van der Waals surface area (Å²) in [5.41, 5.74) is 3.18. The summed E-state index contributed by atoms with van der Waals surface area (Å²) in [6, 6.07) is 12.2. The van der Waals surface area contributed by atoms with E-state index in [9.17, 15) is 0 Å². The molecule has 0 aliphatic carbocycles. The molecule has 26 heavy (non-hydrogen) atoms. The van der Waals surface area contributed by atoms with Crippen LogP contribution in [0.15, 0.2) is 49.1 Å². The second-order valence-electron chi connectivity index (χ2n) is 5.85. The van der Waals surface area contributed by atoms with Gasteiger partial charge in [-0.3, -0.25) is 0 Å². The zero-order valence-electron chi connectivity index (χ0n) is 14.9.